The van der Waals surface area contributed by atoms with E-state index in [1.165, 1.54) is 0 Å². The number of hydrogen-bond donors (Lipinski definition) is 2. The first-order valence-electron chi connectivity index (χ1n) is 7.59. The molecular weight excluding hydrogens is 276 g/mol. The largest absolute Gasteiger partial charge is 0.463 e. The molecule has 0 aromatic heterocycles. The van der Waals surface area contributed by atoms with Crippen molar-refractivity contribution in [3.63, 3.8) is 0 Å². The molecule has 0 aliphatic rings. The van der Waals surface area contributed by atoms with Gasteiger partial charge in [-0.25, -0.2) is 0 Å². The van der Waals surface area contributed by atoms with Gasteiger partial charge >= 0.3 is 11.9 Å². The van der Waals surface area contributed by atoms with Gasteiger partial charge in [-0.1, -0.05) is 19.3 Å². The smallest absolute Gasteiger partial charge is 0.305 e. The molecular formula is C15H28O6. The quantitative estimate of drug-likeness (QED) is 0.420. The van der Waals surface area contributed by atoms with E-state index in [1.807, 2.05) is 0 Å². The number of carbonyl (C=O) groups is 2. The molecule has 0 fully saturated rings. The molecule has 0 aromatic carbocycles. The molecule has 6 heteroatoms. The van der Waals surface area contributed by atoms with Gasteiger partial charge < -0.3 is 19.7 Å². The standard InChI is InChI=1S/C15H28O6/c1-12(16)10-20-14(18)8-6-4-3-5-7-9-15(19)21-11-13(2)17/h12-13,16-17H,3-11H2,1-2H3. The summed E-state index contributed by atoms with van der Waals surface area (Å²) in [6.07, 6.45) is 3.76. The third-order valence-electron chi connectivity index (χ3n) is 2.73. The summed E-state index contributed by atoms with van der Waals surface area (Å²) in [5.41, 5.74) is 0. The fourth-order valence-corrected chi connectivity index (χ4v) is 1.64. The third kappa shape index (κ3) is 15.1. The summed E-state index contributed by atoms with van der Waals surface area (Å²) in [5.74, 6) is -0.560. The Hall–Kier alpha value is -1.14. The van der Waals surface area contributed by atoms with Crippen LogP contribution in [0.2, 0.25) is 0 Å². The second-order valence-electron chi connectivity index (χ2n) is 5.33. The fourth-order valence-electron chi connectivity index (χ4n) is 1.64. The van der Waals surface area contributed by atoms with Gasteiger partial charge in [0.25, 0.3) is 0 Å². The third-order valence-corrected chi connectivity index (χ3v) is 2.73. The Bertz CT molecular complexity index is 260. The topological polar surface area (TPSA) is 93.1 Å². The van der Waals surface area contributed by atoms with Crippen molar-refractivity contribution in [2.75, 3.05) is 13.2 Å². The summed E-state index contributed by atoms with van der Waals surface area (Å²) in [6.45, 7) is 3.24. The van der Waals surface area contributed by atoms with Crippen molar-refractivity contribution in [3.8, 4) is 0 Å². The van der Waals surface area contributed by atoms with Gasteiger partial charge in [0.15, 0.2) is 0 Å². The lowest BCUT2D eigenvalue weighted by Crippen LogP contribution is -2.15. The minimum Gasteiger partial charge on any atom is -0.463 e. The molecule has 0 saturated carbocycles. The highest BCUT2D eigenvalue weighted by molar-refractivity contribution is 5.69. The number of aliphatic hydroxyl groups excluding tert-OH is 2. The molecule has 0 rings (SSSR count). The van der Waals surface area contributed by atoms with Crippen LogP contribution in [0.5, 0.6) is 0 Å². The normalized spacial score (nSPS) is 13.5. The van der Waals surface area contributed by atoms with Crippen molar-refractivity contribution in [2.24, 2.45) is 0 Å². The highest BCUT2D eigenvalue weighted by atomic mass is 16.5. The summed E-state index contributed by atoms with van der Waals surface area (Å²) < 4.78 is 9.68. The van der Waals surface area contributed by atoms with Crippen LogP contribution in [0.3, 0.4) is 0 Å². The number of rotatable bonds is 12. The monoisotopic (exact) mass is 304 g/mol. The first-order valence-corrected chi connectivity index (χ1v) is 7.59. The lowest BCUT2D eigenvalue weighted by molar-refractivity contribution is -0.147. The summed E-state index contributed by atoms with van der Waals surface area (Å²) in [5, 5.41) is 17.9. The second-order valence-corrected chi connectivity index (χ2v) is 5.33. The van der Waals surface area contributed by atoms with Gasteiger partial charge in [0.05, 0.1) is 12.2 Å². The zero-order valence-electron chi connectivity index (χ0n) is 13.0. The SMILES string of the molecule is CC(O)COC(=O)CCCCCCCC(=O)OCC(C)O. The van der Waals surface area contributed by atoms with Crippen LogP contribution < -0.4 is 0 Å². The maximum atomic E-state index is 11.2. The van der Waals surface area contributed by atoms with E-state index >= 15 is 0 Å². The van der Waals surface area contributed by atoms with Crippen LogP contribution in [-0.2, 0) is 19.1 Å². The first-order chi connectivity index (χ1) is 9.91. The molecule has 0 aliphatic carbocycles. The van der Waals surface area contributed by atoms with Gasteiger partial charge in [-0.2, -0.15) is 0 Å². The molecule has 0 radical (unpaired) electrons. The predicted octanol–water partition coefficient (Wildman–Crippen LogP) is 1.57. The molecule has 2 unspecified atom stereocenters. The van der Waals surface area contributed by atoms with Gasteiger partial charge in [-0.15, -0.1) is 0 Å². The lowest BCUT2D eigenvalue weighted by atomic mass is 10.1. The Balaban J connectivity index is 3.32. The number of hydrogen-bond acceptors (Lipinski definition) is 6. The van der Waals surface area contributed by atoms with E-state index in [0.29, 0.717) is 12.8 Å². The second kappa shape index (κ2) is 12.6. The molecule has 0 spiro atoms. The minimum absolute atomic E-state index is 0.0490. The van der Waals surface area contributed by atoms with Crippen molar-refractivity contribution >= 4 is 11.9 Å². The average Bonchev–Trinajstić information content (AvgIpc) is 2.41. The maximum Gasteiger partial charge on any atom is 0.305 e. The van der Waals surface area contributed by atoms with E-state index in [1.54, 1.807) is 13.8 Å². The molecule has 0 bridgehead atoms. The zero-order valence-corrected chi connectivity index (χ0v) is 13.0. The fraction of sp³-hybridized carbons (Fsp3) is 0.867. The molecule has 0 aromatic rings. The zero-order chi connectivity index (χ0) is 16.1. The van der Waals surface area contributed by atoms with Gasteiger partial charge in [-0.05, 0) is 26.7 Å². The van der Waals surface area contributed by atoms with Crippen LogP contribution in [0.15, 0.2) is 0 Å². The summed E-state index contributed by atoms with van der Waals surface area (Å²) >= 11 is 0. The summed E-state index contributed by atoms with van der Waals surface area (Å²) in [6, 6.07) is 0. The Labute approximate surface area is 126 Å². The number of unbranched alkanes of at least 4 members (excludes halogenated alkanes) is 4. The summed E-state index contributed by atoms with van der Waals surface area (Å²) in [7, 11) is 0. The molecule has 0 heterocycles. The van der Waals surface area contributed by atoms with E-state index in [2.05, 4.69) is 0 Å². The van der Waals surface area contributed by atoms with Crippen LogP contribution in [0.4, 0.5) is 0 Å². The molecule has 2 N–H and O–H groups in total. The highest BCUT2D eigenvalue weighted by Crippen LogP contribution is 2.08. The van der Waals surface area contributed by atoms with Crippen molar-refractivity contribution in [3.05, 3.63) is 0 Å². The van der Waals surface area contributed by atoms with Gasteiger partial charge in [-0.3, -0.25) is 9.59 Å². The Morgan fingerprint density at radius 3 is 1.43 bits per heavy atom. The molecule has 2 atom stereocenters. The van der Waals surface area contributed by atoms with Gasteiger partial charge in [0, 0.05) is 12.8 Å². The average molecular weight is 304 g/mol. The van der Waals surface area contributed by atoms with E-state index < -0.39 is 12.2 Å². The number of ether oxygens (including phenoxy) is 2. The number of esters is 2. The van der Waals surface area contributed by atoms with Crippen LogP contribution in [0.1, 0.15) is 58.8 Å². The molecule has 0 amide bonds. The van der Waals surface area contributed by atoms with E-state index in [-0.39, 0.29) is 25.2 Å². The Morgan fingerprint density at radius 1 is 0.762 bits per heavy atom. The molecule has 21 heavy (non-hydrogen) atoms. The van der Waals surface area contributed by atoms with Crippen LogP contribution in [-0.4, -0.2) is 47.6 Å². The number of carbonyl (C=O) groups excluding carboxylic acids is 2. The molecule has 6 nitrogen and oxygen atoms in total. The molecule has 0 aliphatic heterocycles. The molecule has 0 saturated heterocycles. The maximum absolute atomic E-state index is 11.2. The van der Waals surface area contributed by atoms with Crippen molar-refractivity contribution in [2.45, 2.75) is 71.0 Å². The Morgan fingerprint density at radius 2 is 1.10 bits per heavy atom. The summed E-state index contributed by atoms with van der Waals surface area (Å²) in [4.78, 5) is 22.5. The first kappa shape index (κ1) is 19.9. The van der Waals surface area contributed by atoms with E-state index in [4.69, 9.17) is 19.7 Å². The van der Waals surface area contributed by atoms with Crippen molar-refractivity contribution < 1.29 is 29.3 Å². The van der Waals surface area contributed by atoms with Crippen LogP contribution >= 0.6 is 0 Å². The lowest BCUT2D eigenvalue weighted by Gasteiger charge is -2.07. The molecule has 124 valence electrons. The van der Waals surface area contributed by atoms with Gasteiger partial charge in [0.2, 0.25) is 0 Å². The Kier molecular flexibility index (Phi) is 11.9. The highest BCUT2D eigenvalue weighted by Gasteiger charge is 2.06. The van der Waals surface area contributed by atoms with Crippen molar-refractivity contribution in [1.82, 2.24) is 0 Å². The number of aliphatic hydroxyl groups is 2. The van der Waals surface area contributed by atoms with Crippen LogP contribution in [0.25, 0.3) is 0 Å². The van der Waals surface area contributed by atoms with Gasteiger partial charge in [0.1, 0.15) is 13.2 Å². The van der Waals surface area contributed by atoms with E-state index in [0.717, 1.165) is 32.1 Å². The van der Waals surface area contributed by atoms with Crippen molar-refractivity contribution in [1.29, 1.82) is 0 Å². The van der Waals surface area contributed by atoms with E-state index in [9.17, 15) is 9.59 Å². The minimum atomic E-state index is -0.623. The predicted molar refractivity (Wildman–Crippen MR) is 77.6 cm³/mol. The van der Waals surface area contributed by atoms with Crippen LogP contribution in [0, 0.1) is 0 Å².